The molecule has 0 spiro atoms. The van der Waals surface area contributed by atoms with Gasteiger partial charge in [-0.05, 0) is 6.92 Å². The van der Waals surface area contributed by atoms with Gasteiger partial charge in [-0.25, -0.2) is 9.59 Å². The number of carbonyl (C=O) groups is 2. The summed E-state index contributed by atoms with van der Waals surface area (Å²) in [5, 5.41) is 19.8. The zero-order chi connectivity index (χ0) is 12.1. The molecule has 16 heavy (non-hydrogen) atoms. The molecule has 0 aliphatic carbocycles. The Labute approximate surface area is 93.0 Å². The Balaban J connectivity index is 2.36. The van der Waals surface area contributed by atoms with E-state index in [9.17, 15) is 9.59 Å². The monoisotopic (exact) mass is 232 g/mol. The molecule has 1 saturated heterocycles. The van der Waals surface area contributed by atoms with Crippen LogP contribution in [-0.4, -0.2) is 65.6 Å². The molecule has 1 aliphatic rings. The lowest BCUT2D eigenvalue weighted by molar-refractivity contribution is -0.146. The molecule has 1 rings (SSSR count). The number of morpholine rings is 1. The van der Waals surface area contributed by atoms with Gasteiger partial charge in [0.15, 0.2) is 6.10 Å². The second-order valence-corrected chi connectivity index (χ2v) is 3.66. The average molecular weight is 232 g/mol. The molecule has 1 aliphatic heterocycles. The third-order valence-corrected chi connectivity index (χ3v) is 2.36. The fourth-order valence-corrected chi connectivity index (χ4v) is 1.40. The summed E-state index contributed by atoms with van der Waals surface area (Å²) in [7, 11) is 0. The van der Waals surface area contributed by atoms with E-state index in [1.165, 1.54) is 0 Å². The minimum atomic E-state index is -1.57. The lowest BCUT2D eigenvalue weighted by Gasteiger charge is -2.33. The number of amides is 2. The Morgan fingerprint density at radius 2 is 2.31 bits per heavy atom. The second kappa shape index (κ2) is 5.66. The molecule has 1 heterocycles. The van der Waals surface area contributed by atoms with E-state index >= 15 is 0 Å². The summed E-state index contributed by atoms with van der Waals surface area (Å²) in [5.74, 6) is -1.35. The summed E-state index contributed by atoms with van der Waals surface area (Å²) in [5.41, 5.74) is 0. The largest absolute Gasteiger partial charge is 0.479 e. The Morgan fingerprint density at radius 3 is 2.88 bits per heavy atom. The number of urea groups is 1. The molecule has 0 bridgehead atoms. The first kappa shape index (κ1) is 12.7. The normalized spacial score (nSPS) is 22.6. The first-order chi connectivity index (χ1) is 7.52. The Kier molecular flexibility index (Phi) is 4.51. The maximum atomic E-state index is 11.6. The predicted molar refractivity (Wildman–Crippen MR) is 54.0 cm³/mol. The molecule has 2 atom stereocenters. The number of rotatable bonds is 3. The minimum absolute atomic E-state index is 0.0456. The van der Waals surface area contributed by atoms with Crippen LogP contribution in [0.3, 0.4) is 0 Å². The van der Waals surface area contributed by atoms with Crippen molar-refractivity contribution in [1.82, 2.24) is 10.2 Å². The van der Waals surface area contributed by atoms with Crippen molar-refractivity contribution in [2.24, 2.45) is 0 Å². The lowest BCUT2D eigenvalue weighted by atomic mass is 10.3. The summed E-state index contributed by atoms with van der Waals surface area (Å²) in [6.07, 6.45) is -1.57. The molecule has 2 amide bonds. The summed E-state index contributed by atoms with van der Waals surface area (Å²) < 4.78 is 5.16. The third-order valence-electron chi connectivity index (χ3n) is 2.36. The number of aliphatic hydroxyl groups is 1. The average Bonchev–Trinajstić information content (AvgIpc) is 2.25. The number of aliphatic carboxylic acids is 1. The van der Waals surface area contributed by atoms with Crippen LogP contribution in [0.25, 0.3) is 0 Å². The molecule has 0 aromatic carbocycles. The first-order valence-electron chi connectivity index (χ1n) is 5.05. The predicted octanol–water partition coefficient (Wildman–Crippen LogP) is -1.14. The van der Waals surface area contributed by atoms with Crippen LogP contribution in [0, 0.1) is 0 Å². The van der Waals surface area contributed by atoms with Crippen LogP contribution in [-0.2, 0) is 9.53 Å². The molecule has 0 saturated carbocycles. The van der Waals surface area contributed by atoms with Crippen LogP contribution >= 0.6 is 0 Å². The van der Waals surface area contributed by atoms with E-state index in [1.54, 1.807) is 4.90 Å². The first-order valence-corrected chi connectivity index (χ1v) is 5.05. The highest BCUT2D eigenvalue weighted by Crippen LogP contribution is 2.05. The summed E-state index contributed by atoms with van der Waals surface area (Å²) in [6, 6.07) is -0.424. The summed E-state index contributed by atoms with van der Waals surface area (Å²) in [6.45, 7) is 2.95. The highest BCUT2D eigenvalue weighted by Gasteiger charge is 2.24. The van der Waals surface area contributed by atoms with Crippen LogP contribution in [0.2, 0.25) is 0 Å². The van der Waals surface area contributed by atoms with Crippen molar-refractivity contribution in [3.05, 3.63) is 0 Å². The summed E-state index contributed by atoms with van der Waals surface area (Å²) in [4.78, 5) is 23.5. The summed E-state index contributed by atoms with van der Waals surface area (Å²) >= 11 is 0. The van der Waals surface area contributed by atoms with Gasteiger partial charge in [0, 0.05) is 6.54 Å². The van der Waals surface area contributed by atoms with Gasteiger partial charge >= 0.3 is 12.0 Å². The Hall–Kier alpha value is -1.34. The highest BCUT2D eigenvalue weighted by atomic mass is 16.5. The van der Waals surface area contributed by atoms with E-state index < -0.39 is 12.1 Å². The third kappa shape index (κ3) is 3.35. The van der Waals surface area contributed by atoms with E-state index in [2.05, 4.69) is 5.32 Å². The van der Waals surface area contributed by atoms with Crippen molar-refractivity contribution >= 4 is 12.0 Å². The number of nitrogens with zero attached hydrogens (tertiary/aromatic N) is 1. The Morgan fingerprint density at radius 1 is 1.62 bits per heavy atom. The van der Waals surface area contributed by atoms with E-state index in [1.807, 2.05) is 6.92 Å². The van der Waals surface area contributed by atoms with Crippen molar-refractivity contribution in [3.8, 4) is 0 Å². The minimum Gasteiger partial charge on any atom is -0.479 e. The Bertz CT molecular complexity index is 271. The van der Waals surface area contributed by atoms with Gasteiger partial charge in [0.1, 0.15) is 0 Å². The molecule has 1 unspecified atom stereocenters. The zero-order valence-electron chi connectivity index (χ0n) is 9.05. The molecular weight excluding hydrogens is 216 g/mol. The van der Waals surface area contributed by atoms with Gasteiger partial charge in [0.2, 0.25) is 0 Å². The van der Waals surface area contributed by atoms with Crippen LogP contribution in [0.5, 0.6) is 0 Å². The van der Waals surface area contributed by atoms with Crippen molar-refractivity contribution in [2.45, 2.75) is 19.1 Å². The molecule has 0 aromatic rings. The molecule has 92 valence electrons. The molecule has 1 fully saturated rings. The van der Waals surface area contributed by atoms with Gasteiger partial charge in [0.05, 0.1) is 25.8 Å². The maximum Gasteiger partial charge on any atom is 0.334 e. The number of ether oxygens (including phenoxy) is 1. The van der Waals surface area contributed by atoms with Crippen LogP contribution < -0.4 is 5.32 Å². The number of nitrogens with one attached hydrogen (secondary N) is 1. The molecule has 3 N–H and O–H groups in total. The quantitative estimate of drug-likeness (QED) is 0.571. The molecular formula is C9H16N2O5. The van der Waals surface area contributed by atoms with Gasteiger partial charge in [-0.2, -0.15) is 0 Å². The van der Waals surface area contributed by atoms with Crippen LogP contribution in [0.4, 0.5) is 4.79 Å². The molecule has 0 radical (unpaired) electrons. The number of hydrogen-bond acceptors (Lipinski definition) is 4. The van der Waals surface area contributed by atoms with Gasteiger partial charge < -0.3 is 25.2 Å². The number of carbonyl (C=O) groups excluding carboxylic acids is 1. The van der Waals surface area contributed by atoms with E-state index in [4.69, 9.17) is 14.9 Å². The van der Waals surface area contributed by atoms with Gasteiger partial charge in [-0.15, -0.1) is 0 Å². The maximum absolute atomic E-state index is 11.6. The number of hydrogen-bond donors (Lipinski definition) is 3. The standard InChI is InChI=1S/C9H16N2O5/c1-6-5-16-3-2-11(6)9(15)10-4-7(12)8(13)14/h6-7,12H,2-5H2,1H3,(H,10,15)(H,13,14)/t6?,7-/m0/s1. The van der Waals surface area contributed by atoms with Gasteiger partial charge in [-0.3, -0.25) is 0 Å². The smallest absolute Gasteiger partial charge is 0.334 e. The topological polar surface area (TPSA) is 99.1 Å². The number of carboxylic acid groups (broad SMARTS) is 1. The fourth-order valence-electron chi connectivity index (χ4n) is 1.40. The molecule has 7 nitrogen and oxygen atoms in total. The van der Waals surface area contributed by atoms with Crippen molar-refractivity contribution in [1.29, 1.82) is 0 Å². The van der Waals surface area contributed by atoms with Gasteiger partial charge in [-0.1, -0.05) is 0 Å². The van der Waals surface area contributed by atoms with Crippen molar-refractivity contribution < 1.29 is 24.5 Å². The van der Waals surface area contributed by atoms with Crippen molar-refractivity contribution in [3.63, 3.8) is 0 Å². The van der Waals surface area contributed by atoms with Crippen molar-refractivity contribution in [2.75, 3.05) is 26.3 Å². The van der Waals surface area contributed by atoms with Crippen LogP contribution in [0.15, 0.2) is 0 Å². The number of carboxylic acids is 1. The lowest BCUT2D eigenvalue weighted by Crippen LogP contribution is -2.52. The van der Waals surface area contributed by atoms with Crippen LogP contribution in [0.1, 0.15) is 6.92 Å². The fraction of sp³-hybridized carbons (Fsp3) is 0.778. The SMILES string of the molecule is CC1COCCN1C(=O)NC[C@H](O)C(=O)O. The van der Waals surface area contributed by atoms with E-state index in [0.717, 1.165) is 0 Å². The molecule has 7 heteroatoms. The molecule has 0 aromatic heterocycles. The van der Waals surface area contributed by atoms with Gasteiger partial charge in [0.25, 0.3) is 0 Å². The van der Waals surface area contributed by atoms with E-state index in [-0.39, 0.29) is 18.6 Å². The highest BCUT2D eigenvalue weighted by molar-refractivity contribution is 5.77. The van der Waals surface area contributed by atoms with E-state index in [0.29, 0.717) is 19.8 Å². The second-order valence-electron chi connectivity index (χ2n) is 3.66. The number of aliphatic hydroxyl groups excluding tert-OH is 1. The zero-order valence-corrected chi connectivity index (χ0v) is 9.05.